The van der Waals surface area contributed by atoms with Gasteiger partial charge in [0.1, 0.15) is 18.0 Å². The number of anilines is 2. The zero-order chi connectivity index (χ0) is 27.0. The topological polar surface area (TPSA) is 103 Å². The van der Waals surface area contributed by atoms with E-state index in [1.165, 1.54) is 52.7 Å². The van der Waals surface area contributed by atoms with Gasteiger partial charge in [-0.2, -0.15) is 0 Å². The van der Waals surface area contributed by atoms with Crippen LogP contribution in [0.5, 0.6) is 23.0 Å². The molecule has 0 aliphatic carbocycles. The number of methoxy groups -OCH3 is 4. The van der Waals surface area contributed by atoms with Gasteiger partial charge >= 0.3 is 0 Å². The lowest BCUT2D eigenvalue weighted by atomic mass is 10.2. The van der Waals surface area contributed by atoms with E-state index >= 15 is 0 Å². The summed E-state index contributed by atoms with van der Waals surface area (Å²) in [6.45, 7) is 1.49. The molecule has 0 bridgehead atoms. The number of ether oxygens (including phenoxy) is 4. The van der Waals surface area contributed by atoms with Crippen LogP contribution in [0.3, 0.4) is 0 Å². The highest BCUT2D eigenvalue weighted by molar-refractivity contribution is 7.99. The van der Waals surface area contributed by atoms with Crippen molar-refractivity contribution in [1.82, 2.24) is 0 Å². The molecule has 0 heterocycles. The second-order valence-corrected chi connectivity index (χ2v) is 10.7. The van der Waals surface area contributed by atoms with E-state index in [2.05, 4.69) is 5.32 Å². The van der Waals surface area contributed by atoms with Crippen LogP contribution < -0.4 is 28.6 Å². The number of rotatable bonds is 12. The minimum Gasteiger partial charge on any atom is -0.497 e. The molecular weight excluding hydrogens is 516 g/mol. The molecule has 198 valence electrons. The summed E-state index contributed by atoms with van der Waals surface area (Å²) >= 11 is 1.57. The Morgan fingerprint density at radius 2 is 1.54 bits per heavy atom. The number of nitrogens with zero attached hydrogens (tertiary/aromatic N) is 1. The third-order valence-electron chi connectivity index (χ3n) is 5.35. The van der Waals surface area contributed by atoms with Gasteiger partial charge in [-0.1, -0.05) is 19.1 Å². The highest BCUT2D eigenvalue weighted by Crippen LogP contribution is 2.37. The lowest BCUT2D eigenvalue weighted by molar-refractivity contribution is -0.114. The van der Waals surface area contributed by atoms with Gasteiger partial charge in [0.15, 0.2) is 11.5 Å². The molecule has 0 unspecified atom stereocenters. The highest BCUT2D eigenvalue weighted by Gasteiger charge is 2.31. The third kappa shape index (κ3) is 6.41. The number of hydrogen-bond donors (Lipinski definition) is 1. The molecular formula is C26H30N2O7S2. The van der Waals surface area contributed by atoms with Crippen LogP contribution in [0.4, 0.5) is 11.4 Å². The van der Waals surface area contributed by atoms with E-state index in [1.54, 1.807) is 36.0 Å². The van der Waals surface area contributed by atoms with Crippen LogP contribution in [-0.4, -0.2) is 55.1 Å². The van der Waals surface area contributed by atoms with Crippen molar-refractivity contribution in [1.29, 1.82) is 0 Å². The van der Waals surface area contributed by atoms with E-state index in [-0.39, 0.29) is 22.1 Å². The Morgan fingerprint density at radius 3 is 2.19 bits per heavy atom. The monoisotopic (exact) mass is 546 g/mol. The van der Waals surface area contributed by atoms with Crippen molar-refractivity contribution in [2.45, 2.75) is 16.7 Å². The Labute approximate surface area is 221 Å². The number of carbonyl (C=O) groups is 1. The highest BCUT2D eigenvalue weighted by atomic mass is 32.2. The van der Waals surface area contributed by atoms with E-state index in [9.17, 15) is 13.2 Å². The van der Waals surface area contributed by atoms with Gasteiger partial charge < -0.3 is 24.3 Å². The molecule has 0 atom stereocenters. The standard InChI is InChI=1S/C26H30N2O7S2/c1-6-36-25-10-8-7-9-20(25)27-26(29)17-28(21-15-18(32-2)11-13-22(21)33-3)37(30,31)19-12-14-23(34-4)24(16-19)35-5/h7-16H,6,17H2,1-5H3,(H,27,29). The normalized spacial score (nSPS) is 10.9. The Kier molecular flexibility index (Phi) is 9.54. The first kappa shape index (κ1) is 28.0. The summed E-state index contributed by atoms with van der Waals surface area (Å²) in [6.07, 6.45) is 0. The summed E-state index contributed by atoms with van der Waals surface area (Å²) in [7, 11) is 1.48. The Morgan fingerprint density at radius 1 is 0.865 bits per heavy atom. The van der Waals surface area contributed by atoms with Crippen LogP contribution in [0.1, 0.15) is 6.92 Å². The van der Waals surface area contributed by atoms with Gasteiger partial charge in [0.05, 0.1) is 44.7 Å². The lowest BCUT2D eigenvalue weighted by Crippen LogP contribution is -2.38. The van der Waals surface area contributed by atoms with Gasteiger partial charge in [-0.25, -0.2) is 8.42 Å². The van der Waals surface area contributed by atoms with E-state index in [4.69, 9.17) is 18.9 Å². The fourth-order valence-electron chi connectivity index (χ4n) is 3.57. The van der Waals surface area contributed by atoms with Gasteiger partial charge in [0.25, 0.3) is 10.0 Å². The maximum Gasteiger partial charge on any atom is 0.265 e. The van der Waals surface area contributed by atoms with Crippen molar-refractivity contribution in [3.05, 3.63) is 60.7 Å². The largest absolute Gasteiger partial charge is 0.497 e. The molecule has 3 aromatic carbocycles. The number of thioether (sulfide) groups is 1. The maximum atomic E-state index is 14.0. The molecule has 0 radical (unpaired) electrons. The van der Waals surface area contributed by atoms with Gasteiger partial charge in [-0.05, 0) is 42.2 Å². The van der Waals surface area contributed by atoms with Gasteiger partial charge in [-0.3, -0.25) is 9.10 Å². The predicted molar refractivity (Wildman–Crippen MR) is 145 cm³/mol. The molecule has 0 saturated heterocycles. The van der Waals surface area contributed by atoms with Crippen molar-refractivity contribution < 1.29 is 32.2 Å². The first-order valence-corrected chi connectivity index (χ1v) is 13.7. The molecule has 0 aliphatic rings. The molecule has 11 heteroatoms. The smallest absolute Gasteiger partial charge is 0.265 e. The van der Waals surface area contributed by atoms with Crippen LogP contribution in [0.25, 0.3) is 0 Å². The summed E-state index contributed by atoms with van der Waals surface area (Å²) in [6, 6.07) is 16.3. The molecule has 3 rings (SSSR count). The molecule has 0 aliphatic heterocycles. The molecule has 0 fully saturated rings. The molecule has 0 aromatic heterocycles. The number of hydrogen-bond acceptors (Lipinski definition) is 8. The molecule has 3 aromatic rings. The van der Waals surface area contributed by atoms with Crippen LogP contribution >= 0.6 is 11.8 Å². The van der Waals surface area contributed by atoms with Crippen LogP contribution in [0, 0.1) is 0 Å². The summed E-state index contributed by atoms with van der Waals surface area (Å²) in [4.78, 5) is 14.1. The molecule has 9 nitrogen and oxygen atoms in total. The van der Waals surface area contributed by atoms with Crippen molar-refractivity contribution in [3.63, 3.8) is 0 Å². The fourth-order valence-corrected chi connectivity index (χ4v) is 5.77. The first-order valence-electron chi connectivity index (χ1n) is 11.3. The van der Waals surface area contributed by atoms with Crippen LogP contribution in [0.2, 0.25) is 0 Å². The van der Waals surface area contributed by atoms with E-state index in [0.717, 1.165) is 15.0 Å². The van der Waals surface area contributed by atoms with E-state index in [0.29, 0.717) is 17.2 Å². The number of sulfonamides is 1. The zero-order valence-electron chi connectivity index (χ0n) is 21.3. The van der Waals surface area contributed by atoms with Gasteiger partial charge in [-0.15, -0.1) is 11.8 Å². The summed E-state index contributed by atoms with van der Waals surface area (Å²) in [5.41, 5.74) is 0.739. The van der Waals surface area contributed by atoms with Crippen molar-refractivity contribution in [3.8, 4) is 23.0 Å². The maximum absolute atomic E-state index is 14.0. The Bertz CT molecular complexity index is 1350. The number of para-hydroxylation sites is 1. The Hall–Kier alpha value is -3.57. The number of carbonyl (C=O) groups excluding carboxylic acids is 1. The average Bonchev–Trinajstić information content (AvgIpc) is 2.92. The number of amides is 1. The van der Waals surface area contributed by atoms with Crippen molar-refractivity contribution in [2.24, 2.45) is 0 Å². The molecule has 37 heavy (non-hydrogen) atoms. The SMILES string of the molecule is CCSc1ccccc1NC(=O)CN(c1cc(OC)ccc1OC)S(=O)(=O)c1ccc(OC)c(OC)c1. The van der Waals surface area contributed by atoms with E-state index in [1.807, 2.05) is 19.1 Å². The third-order valence-corrected chi connectivity index (χ3v) is 8.06. The Balaban J connectivity index is 2.09. The van der Waals surface area contributed by atoms with Gasteiger partial charge in [0.2, 0.25) is 5.91 Å². The lowest BCUT2D eigenvalue weighted by Gasteiger charge is -2.26. The molecule has 0 saturated carbocycles. The second-order valence-electron chi connectivity index (χ2n) is 7.54. The summed E-state index contributed by atoms with van der Waals surface area (Å²) < 4.78 is 50.2. The number of benzene rings is 3. The average molecular weight is 547 g/mol. The quantitative estimate of drug-likeness (QED) is 0.327. The van der Waals surface area contributed by atoms with Gasteiger partial charge in [0, 0.05) is 17.0 Å². The van der Waals surface area contributed by atoms with Crippen LogP contribution in [-0.2, 0) is 14.8 Å². The van der Waals surface area contributed by atoms with Crippen molar-refractivity contribution >= 4 is 39.1 Å². The number of nitrogens with one attached hydrogen (secondary N) is 1. The summed E-state index contributed by atoms with van der Waals surface area (Å²) in [5.74, 6) is 1.53. The fraction of sp³-hybridized carbons (Fsp3) is 0.269. The predicted octanol–water partition coefficient (Wildman–Crippen LogP) is 4.67. The first-order chi connectivity index (χ1) is 17.8. The zero-order valence-corrected chi connectivity index (χ0v) is 22.9. The summed E-state index contributed by atoms with van der Waals surface area (Å²) in [5, 5.41) is 2.84. The molecule has 1 amide bonds. The van der Waals surface area contributed by atoms with Crippen molar-refractivity contribution in [2.75, 3.05) is 50.4 Å². The minimum atomic E-state index is -4.28. The van der Waals surface area contributed by atoms with E-state index < -0.39 is 22.5 Å². The second kappa shape index (κ2) is 12.6. The molecule has 1 N–H and O–H groups in total. The minimum absolute atomic E-state index is 0.0928. The molecule has 0 spiro atoms. The van der Waals surface area contributed by atoms with Crippen LogP contribution in [0.15, 0.2) is 70.5 Å².